The summed E-state index contributed by atoms with van der Waals surface area (Å²) in [6.45, 7) is 5.74. The Hall–Kier alpha value is -1.29. The molecule has 1 saturated heterocycles. The zero-order valence-corrected chi connectivity index (χ0v) is 10.5. The Bertz CT molecular complexity index is 347. The van der Waals surface area contributed by atoms with E-state index >= 15 is 0 Å². The summed E-state index contributed by atoms with van der Waals surface area (Å²) in [4.78, 5) is 6.78. The SMILES string of the molecule is CC(CN1CCCCC1)Nc1cc(N)ccn1. The van der Waals surface area contributed by atoms with Crippen molar-refractivity contribution in [2.45, 2.75) is 32.2 Å². The quantitative estimate of drug-likeness (QED) is 0.836. The van der Waals surface area contributed by atoms with E-state index < -0.39 is 0 Å². The third kappa shape index (κ3) is 3.89. The smallest absolute Gasteiger partial charge is 0.128 e. The Morgan fingerprint density at radius 1 is 1.41 bits per heavy atom. The summed E-state index contributed by atoms with van der Waals surface area (Å²) < 4.78 is 0. The molecule has 1 aromatic rings. The molecule has 1 atom stereocenters. The summed E-state index contributed by atoms with van der Waals surface area (Å²) in [6.07, 6.45) is 5.80. The van der Waals surface area contributed by atoms with Gasteiger partial charge in [0.05, 0.1) is 0 Å². The average Bonchev–Trinajstić information content (AvgIpc) is 2.30. The predicted octanol–water partition coefficient (Wildman–Crippen LogP) is 1.95. The molecule has 0 bridgehead atoms. The first-order valence-electron chi connectivity index (χ1n) is 6.44. The van der Waals surface area contributed by atoms with Crippen molar-refractivity contribution in [2.75, 3.05) is 30.7 Å². The number of anilines is 2. The largest absolute Gasteiger partial charge is 0.399 e. The van der Waals surface area contributed by atoms with Crippen molar-refractivity contribution in [3.05, 3.63) is 18.3 Å². The van der Waals surface area contributed by atoms with E-state index in [1.54, 1.807) is 12.3 Å². The molecule has 1 unspecified atom stereocenters. The van der Waals surface area contributed by atoms with Crippen LogP contribution in [0.15, 0.2) is 18.3 Å². The molecule has 1 aliphatic rings. The Kier molecular flexibility index (Phi) is 4.20. The summed E-state index contributed by atoms with van der Waals surface area (Å²) in [5, 5.41) is 3.40. The predicted molar refractivity (Wildman–Crippen MR) is 72.0 cm³/mol. The third-order valence-corrected chi connectivity index (χ3v) is 3.16. The lowest BCUT2D eigenvalue weighted by Crippen LogP contribution is -2.38. The van der Waals surface area contributed by atoms with Crippen LogP contribution in [0.5, 0.6) is 0 Å². The zero-order chi connectivity index (χ0) is 12.1. The number of hydrogen-bond donors (Lipinski definition) is 2. The van der Waals surface area contributed by atoms with Crippen LogP contribution in [0.2, 0.25) is 0 Å². The van der Waals surface area contributed by atoms with E-state index in [0.29, 0.717) is 6.04 Å². The molecule has 94 valence electrons. The summed E-state index contributed by atoms with van der Waals surface area (Å²) in [5.74, 6) is 0.870. The maximum atomic E-state index is 5.73. The van der Waals surface area contributed by atoms with Crippen LogP contribution in [0.3, 0.4) is 0 Å². The van der Waals surface area contributed by atoms with Crippen LogP contribution in [0.25, 0.3) is 0 Å². The van der Waals surface area contributed by atoms with Crippen LogP contribution in [0.4, 0.5) is 11.5 Å². The first-order valence-corrected chi connectivity index (χ1v) is 6.44. The van der Waals surface area contributed by atoms with Crippen LogP contribution < -0.4 is 11.1 Å². The van der Waals surface area contributed by atoms with Gasteiger partial charge in [-0.15, -0.1) is 0 Å². The van der Waals surface area contributed by atoms with Crippen LogP contribution in [-0.4, -0.2) is 35.6 Å². The third-order valence-electron chi connectivity index (χ3n) is 3.16. The lowest BCUT2D eigenvalue weighted by Gasteiger charge is -2.29. The van der Waals surface area contributed by atoms with Gasteiger partial charge in [-0.2, -0.15) is 0 Å². The molecular weight excluding hydrogens is 212 g/mol. The second kappa shape index (κ2) is 5.87. The van der Waals surface area contributed by atoms with Crippen LogP contribution in [-0.2, 0) is 0 Å². The normalized spacial score (nSPS) is 18.9. The van der Waals surface area contributed by atoms with Crippen molar-refractivity contribution in [1.29, 1.82) is 0 Å². The van der Waals surface area contributed by atoms with Crippen LogP contribution >= 0.6 is 0 Å². The first-order chi connectivity index (χ1) is 8.24. The number of aromatic nitrogens is 1. The molecule has 0 saturated carbocycles. The average molecular weight is 234 g/mol. The molecule has 1 fully saturated rings. The van der Waals surface area contributed by atoms with Gasteiger partial charge in [0.15, 0.2) is 0 Å². The number of piperidine rings is 1. The number of hydrogen-bond acceptors (Lipinski definition) is 4. The van der Waals surface area contributed by atoms with E-state index in [4.69, 9.17) is 5.73 Å². The molecule has 0 amide bonds. The lowest BCUT2D eigenvalue weighted by atomic mass is 10.1. The van der Waals surface area contributed by atoms with Gasteiger partial charge >= 0.3 is 0 Å². The highest BCUT2D eigenvalue weighted by atomic mass is 15.2. The second-order valence-corrected chi connectivity index (χ2v) is 4.88. The van der Waals surface area contributed by atoms with Gasteiger partial charge in [0, 0.05) is 30.5 Å². The van der Waals surface area contributed by atoms with E-state index in [2.05, 4.69) is 22.1 Å². The van der Waals surface area contributed by atoms with Gasteiger partial charge in [0.2, 0.25) is 0 Å². The van der Waals surface area contributed by atoms with Crippen molar-refractivity contribution >= 4 is 11.5 Å². The van der Waals surface area contributed by atoms with E-state index in [1.165, 1.54) is 32.4 Å². The molecule has 3 N–H and O–H groups in total. The standard InChI is InChI=1S/C13H22N4/c1-11(10-17-7-3-2-4-8-17)16-13-9-12(14)5-6-15-13/h5-6,9,11H,2-4,7-8,10H2,1H3,(H3,14,15,16). The molecule has 0 aliphatic carbocycles. The number of nitrogens with one attached hydrogen (secondary N) is 1. The molecule has 1 aromatic heterocycles. The highest BCUT2D eigenvalue weighted by molar-refractivity contribution is 5.48. The fourth-order valence-electron chi connectivity index (χ4n) is 2.35. The minimum Gasteiger partial charge on any atom is -0.399 e. The van der Waals surface area contributed by atoms with E-state index in [9.17, 15) is 0 Å². The van der Waals surface area contributed by atoms with Gasteiger partial charge in [0.1, 0.15) is 5.82 Å². The van der Waals surface area contributed by atoms with Crippen molar-refractivity contribution < 1.29 is 0 Å². The maximum absolute atomic E-state index is 5.73. The molecule has 2 rings (SSSR count). The second-order valence-electron chi connectivity index (χ2n) is 4.88. The van der Waals surface area contributed by atoms with Crippen molar-refractivity contribution in [3.63, 3.8) is 0 Å². The molecule has 2 heterocycles. The molecular formula is C13H22N4. The molecule has 4 nitrogen and oxygen atoms in total. The monoisotopic (exact) mass is 234 g/mol. The van der Waals surface area contributed by atoms with Gasteiger partial charge < -0.3 is 16.0 Å². The van der Waals surface area contributed by atoms with E-state index in [0.717, 1.165) is 18.1 Å². The van der Waals surface area contributed by atoms with Crippen molar-refractivity contribution in [3.8, 4) is 0 Å². The van der Waals surface area contributed by atoms with Gasteiger partial charge in [-0.3, -0.25) is 0 Å². The number of pyridine rings is 1. The zero-order valence-electron chi connectivity index (χ0n) is 10.5. The van der Waals surface area contributed by atoms with E-state index in [1.807, 2.05) is 6.07 Å². The first kappa shape index (κ1) is 12.2. The highest BCUT2D eigenvalue weighted by Crippen LogP contribution is 2.12. The Morgan fingerprint density at radius 2 is 2.18 bits per heavy atom. The van der Waals surface area contributed by atoms with Gasteiger partial charge in [-0.05, 0) is 38.9 Å². The Balaban J connectivity index is 1.82. The van der Waals surface area contributed by atoms with Gasteiger partial charge in [-0.1, -0.05) is 6.42 Å². The van der Waals surface area contributed by atoms with Crippen LogP contribution in [0.1, 0.15) is 26.2 Å². The minimum absolute atomic E-state index is 0.405. The number of nitrogens with zero attached hydrogens (tertiary/aromatic N) is 2. The topological polar surface area (TPSA) is 54.2 Å². The fraction of sp³-hybridized carbons (Fsp3) is 0.615. The summed E-state index contributed by atoms with van der Waals surface area (Å²) in [6, 6.07) is 4.09. The van der Waals surface area contributed by atoms with Gasteiger partial charge in [0.25, 0.3) is 0 Å². The molecule has 1 aliphatic heterocycles. The Morgan fingerprint density at radius 3 is 2.88 bits per heavy atom. The fourth-order valence-corrected chi connectivity index (χ4v) is 2.35. The van der Waals surface area contributed by atoms with Crippen molar-refractivity contribution in [1.82, 2.24) is 9.88 Å². The van der Waals surface area contributed by atoms with Gasteiger partial charge in [-0.25, -0.2) is 4.98 Å². The summed E-state index contributed by atoms with van der Waals surface area (Å²) in [7, 11) is 0. The maximum Gasteiger partial charge on any atom is 0.128 e. The summed E-state index contributed by atoms with van der Waals surface area (Å²) in [5.41, 5.74) is 6.49. The number of nitrogens with two attached hydrogens (primary N) is 1. The number of rotatable bonds is 4. The number of likely N-dealkylation sites (tertiary alicyclic amines) is 1. The Labute approximate surface area is 103 Å². The molecule has 0 spiro atoms. The van der Waals surface area contributed by atoms with E-state index in [-0.39, 0.29) is 0 Å². The highest BCUT2D eigenvalue weighted by Gasteiger charge is 2.13. The van der Waals surface area contributed by atoms with Crippen LogP contribution in [0, 0.1) is 0 Å². The molecule has 17 heavy (non-hydrogen) atoms. The number of nitrogen functional groups attached to an aromatic ring is 1. The lowest BCUT2D eigenvalue weighted by molar-refractivity contribution is 0.223. The molecule has 0 aromatic carbocycles. The minimum atomic E-state index is 0.405. The molecule has 0 radical (unpaired) electrons. The molecule has 4 heteroatoms. The van der Waals surface area contributed by atoms with Crippen molar-refractivity contribution in [2.24, 2.45) is 0 Å². The summed E-state index contributed by atoms with van der Waals surface area (Å²) >= 11 is 0.